The number of nitrogens with zero attached hydrogens (tertiary/aromatic N) is 2. The Morgan fingerprint density at radius 2 is 2.29 bits per heavy atom. The van der Waals surface area contributed by atoms with E-state index in [1.807, 2.05) is 25.2 Å². The number of para-hydroxylation sites is 1. The maximum absolute atomic E-state index is 11.6. The van der Waals surface area contributed by atoms with Crippen LogP contribution in [0.15, 0.2) is 18.2 Å². The molecule has 0 bridgehead atoms. The fourth-order valence-corrected chi connectivity index (χ4v) is 2.08. The van der Waals surface area contributed by atoms with Crippen LogP contribution in [-0.4, -0.2) is 26.2 Å². The number of hydrogen-bond donors (Lipinski definition) is 1. The standard InChI is InChI=1S/C10H11N3O/c1-12-8-4-2-3-7-10(8)13(6-11-7)5-9(12)14/h2-4,11H,5-6H2,1H3. The maximum Gasteiger partial charge on any atom is 0.246 e. The van der Waals surface area contributed by atoms with Crippen molar-refractivity contribution in [2.24, 2.45) is 0 Å². The van der Waals surface area contributed by atoms with E-state index in [2.05, 4.69) is 10.2 Å². The van der Waals surface area contributed by atoms with Crippen LogP contribution in [0.25, 0.3) is 0 Å². The fraction of sp³-hybridized carbons (Fsp3) is 0.300. The number of benzene rings is 1. The van der Waals surface area contributed by atoms with Gasteiger partial charge in [0.1, 0.15) is 0 Å². The first-order chi connectivity index (χ1) is 6.77. The van der Waals surface area contributed by atoms with E-state index in [9.17, 15) is 4.79 Å². The molecule has 0 fully saturated rings. The van der Waals surface area contributed by atoms with Gasteiger partial charge in [0.05, 0.1) is 30.3 Å². The molecule has 1 amide bonds. The summed E-state index contributed by atoms with van der Waals surface area (Å²) in [5.41, 5.74) is 3.29. The molecule has 3 rings (SSSR count). The van der Waals surface area contributed by atoms with Crippen LogP contribution in [0.5, 0.6) is 0 Å². The third kappa shape index (κ3) is 0.801. The minimum atomic E-state index is 0.151. The topological polar surface area (TPSA) is 35.6 Å². The molecule has 0 unspecified atom stereocenters. The van der Waals surface area contributed by atoms with E-state index < -0.39 is 0 Å². The lowest BCUT2D eigenvalue weighted by Crippen LogP contribution is -2.42. The zero-order chi connectivity index (χ0) is 9.71. The minimum Gasteiger partial charge on any atom is -0.366 e. The molecule has 14 heavy (non-hydrogen) atoms. The van der Waals surface area contributed by atoms with Crippen LogP contribution in [0, 0.1) is 0 Å². The number of carbonyl (C=O) groups excluding carboxylic acids is 1. The van der Waals surface area contributed by atoms with Gasteiger partial charge in [-0.25, -0.2) is 0 Å². The highest BCUT2D eigenvalue weighted by molar-refractivity contribution is 6.06. The van der Waals surface area contributed by atoms with Gasteiger partial charge in [0.2, 0.25) is 5.91 Å². The number of anilines is 3. The average molecular weight is 189 g/mol. The van der Waals surface area contributed by atoms with Gasteiger partial charge in [0.25, 0.3) is 0 Å². The fourth-order valence-electron chi connectivity index (χ4n) is 2.08. The molecule has 2 aliphatic rings. The lowest BCUT2D eigenvalue weighted by molar-refractivity contribution is -0.117. The molecular weight excluding hydrogens is 178 g/mol. The van der Waals surface area contributed by atoms with E-state index in [0.717, 1.165) is 23.7 Å². The van der Waals surface area contributed by atoms with Crippen molar-refractivity contribution in [2.45, 2.75) is 0 Å². The smallest absolute Gasteiger partial charge is 0.246 e. The second-order valence-corrected chi connectivity index (χ2v) is 3.66. The Morgan fingerprint density at radius 3 is 3.14 bits per heavy atom. The van der Waals surface area contributed by atoms with Crippen molar-refractivity contribution >= 4 is 23.0 Å². The van der Waals surface area contributed by atoms with Crippen molar-refractivity contribution in [3.8, 4) is 0 Å². The summed E-state index contributed by atoms with van der Waals surface area (Å²) in [5.74, 6) is 0.151. The highest BCUT2D eigenvalue weighted by atomic mass is 16.2. The van der Waals surface area contributed by atoms with Gasteiger partial charge in [0.15, 0.2) is 0 Å². The van der Waals surface area contributed by atoms with E-state index in [1.54, 1.807) is 4.90 Å². The summed E-state index contributed by atoms with van der Waals surface area (Å²) >= 11 is 0. The summed E-state index contributed by atoms with van der Waals surface area (Å²) in [7, 11) is 1.83. The Kier molecular flexibility index (Phi) is 1.32. The van der Waals surface area contributed by atoms with E-state index in [0.29, 0.717) is 6.54 Å². The highest BCUT2D eigenvalue weighted by Gasteiger charge is 2.31. The molecule has 0 radical (unpaired) electrons. The zero-order valence-corrected chi connectivity index (χ0v) is 7.95. The van der Waals surface area contributed by atoms with Gasteiger partial charge in [-0.05, 0) is 12.1 Å². The normalized spacial score (nSPS) is 18.2. The number of hydrogen-bond acceptors (Lipinski definition) is 3. The van der Waals surface area contributed by atoms with E-state index in [-0.39, 0.29) is 5.91 Å². The first kappa shape index (κ1) is 7.67. The first-order valence-corrected chi connectivity index (χ1v) is 4.66. The Labute approximate surface area is 82.1 Å². The zero-order valence-electron chi connectivity index (χ0n) is 7.95. The van der Waals surface area contributed by atoms with Gasteiger partial charge in [-0.3, -0.25) is 4.79 Å². The lowest BCUT2D eigenvalue weighted by Gasteiger charge is -2.31. The molecule has 0 aliphatic carbocycles. The van der Waals surface area contributed by atoms with Gasteiger partial charge in [-0.2, -0.15) is 0 Å². The Bertz CT molecular complexity index is 416. The summed E-state index contributed by atoms with van der Waals surface area (Å²) in [6, 6.07) is 6.00. The molecule has 72 valence electrons. The van der Waals surface area contributed by atoms with Gasteiger partial charge in [0, 0.05) is 7.05 Å². The highest BCUT2D eigenvalue weighted by Crippen LogP contribution is 2.41. The van der Waals surface area contributed by atoms with Gasteiger partial charge in [-0.1, -0.05) is 6.07 Å². The molecule has 1 aromatic rings. The first-order valence-electron chi connectivity index (χ1n) is 4.66. The Hall–Kier alpha value is -1.71. The van der Waals surface area contributed by atoms with E-state index in [1.165, 1.54) is 0 Å². The van der Waals surface area contributed by atoms with Crippen molar-refractivity contribution in [1.29, 1.82) is 0 Å². The molecule has 0 spiro atoms. The summed E-state index contributed by atoms with van der Waals surface area (Å²) in [4.78, 5) is 15.4. The molecule has 4 heteroatoms. The van der Waals surface area contributed by atoms with Crippen LogP contribution in [0.3, 0.4) is 0 Å². The van der Waals surface area contributed by atoms with E-state index >= 15 is 0 Å². The molecular formula is C10H11N3O. The van der Waals surface area contributed by atoms with Crippen LogP contribution >= 0.6 is 0 Å². The van der Waals surface area contributed by atoms with Crippen molar-refractivity contribution in [1.82, 2.24) is 0 Å². The van der Waals surface area contributed by atoms with Crippen LogP contribution < -0.4 is 15.1 Å². The van der Waals surface area contributed by atoms with Crippen molar-refractivity contribution in [2.75, 3.05) is 35.4 Å². The minimum absolute atomic E-state index is 0.151. The largest absolute Gasteiger partial charge is 0.366 e. The van der Waals surface area contributed by atoms with Crippen molar-refractivity contribution in [3.05, 3.63) is 18.2 Å². The molecule has 0 aromatic heterocycles. The molecule has 0 saturated heterocycles. The molecule has 0 atom stereocenters. The van der Waals surface area contributed by atoms with Crippen LogP contribution in [-0.2, 0) is 4.79 Å². The van der Waals surface area contributed by atoms with Gasteiger partial charge < -0.3 is 15.1 Å². The Balaban J connectivity index is 2.24. The van der Waals surface area contributed by atoms with Crippen LogP contribution in [0.4, 0.5) is 17.1 Å². The summed E-state index contributed by atoms with van der Waals surface area (Å²) in [6.07, 6.45) is 0. The molecule has 1 aromatic carbocycles. The monoisotopic (exact) mass is 189 g/mol. The second kappa shape index (κ2) is 2.41. The number of amides is 1. The predicted octanol–water partition coefficient (Wildman–Crippen LogP) is 0.852. The maximum atomic E-state index is 11.6. The molecule has 0 saturated carbocycles. The third-order valence-corrected chi connectivity index (χ3v) is 2.85. The summed E-state index contributed by atoms with van der Waals surface area (Å²) < 4.78 is 0. The predicted molar refractivity (Wildman–Crippen MR) is 55.7 cm³/mol. The second-order valence-electron chi connectivity index (χ2n) is 3.66. The van der Waals surface area contributed by atoms with Crippen LogP contribution in [0.1, 0.15) is 0 Å². The van der Waals surface area contributed by atoms with Gasteiger partial charge >= 0.3 is 0 Å². The molecule has 2 heterocycles. The summed E-state index contributed by atoms with van der Waals surface area (Å²) in [6.45, 7) is 1.22. The summed E-state index contributed by atoms with van der Waals surface area (Å²) in [5, 5.41) is 3.27. The SMILES string of the molecule is CN1C(=O)CN2CNc3cccc1c32. The van der Waals surface area contributed by atoms with Crippen molar-refractivity contribution in [3.63, 3.8) is 0 Å². The third-order valence-electron chi connectivity index (χ3n) is 2.85. The number of nitrogens with one attached hydrogen (secondary N) is 1. The number of carbonyl (C=O) groups is 1. The number of likely N-dealkylation sites (N-methyl/N-ethyl adjacent to an activating group) is 1. The molecule has 4 nitrogen and oxygen atoms in total. The van der Waals surface area contributed by atoms with Crippen LogP contribution in [0.2, 0.25) is 0 Å². The average Bonchev–Trinajstić information content (AvgIpc) is 2.59. The van der Waals surface area contributed by atoms with E-state index in [4.69, 9.17) is 0 Å². The molecule has 1 N–H and O–H groups in total. The molecule has 2 aliphatic heterocycles. The number of rotatable bonds is 0. The van der Waals surface area contributed by atoms with Gasteiger partial charge in [-0.15, -0.1) is 0 Å². The Morgan fingerprint density at radius 1 is 1.43 bits per heavy atom. The quantitative estimate of drug-likeness (QED) is 0.657. The van der Waals surface area contributed by atoms with Crippen molar-refractivity contribution < 1.29 is 4.79 Å². The lowest BCUT2D eigenvalue weighted by atomic mass is 10.1.